The van der Waals surface area contributed by atoms with E-state index in [-0.39, 0.29) is 5.91 Å². The van der Waals surface area contributed by atoms with Crippen molar-refractivity contribution in [3.05, 3.63) is 83.6 Å². The fraction of sp³-hybridized carbons (Fsp3) is 0. The minimum absolute atomic E-state index is 0.311. The molecule has 4 rings (SSSR count). The van der Waals surface area contributed by atoms with Gasteiger partial charge in [0, 0.05) is 22.4 Å². The Hall–Kier alpha value is -3.39. The standard InChI is InChI=1S/C19H13BrN6O/c20-15-6-7-17(26-12-21-11-24-26)16(8-15)25-19(27)14-9-22-18(23-10-14)13-4-2-1-3-5-13/h1-12H,(H,25,27). The molecule has 0 radical (unpaired) electrons. The number of hydrogen-bond donors (Lipinski definition) is 1. The Balaban J connectivity index is 1.59. The van der Waals surface area contributed by atoms with Gasteiger partial charge in [-0.3, -0.25) is 4.79 Å². The molecule has 2 aromatic heterocycles. The van der Waals surface area contributed by atoms with Gasteiger partial charge in [-0.1, -0.05) is 46.3 Å². The van der Waals surface area contributed by atoms with Gasteiger partial charge in [-0.15, -0.1) is 0 Å². The van der Waals surface area contributed by atoms with Crippen LogP contribution < -0.4 is 5.32 Å². The Morgan fingerprint density at radius 2 is 1.81 bits per heavy atom. The molecule has 0 atom stereocenters. The molecular weight excluding hydrogens is 408 g/mol. The van der Waals surface area contributed by atoms with Crippen LogP contribution in [-0.2, 0) is 0 Å². The lowest BCUT2D eigenvalue weighted by Crippen LogP contribution is -2.15. The highest BCUT2D eigenvalue weighted by Gasteiger charge is 2.13. The lowest BCUT2D eigenvalue weighted by atomic mass is 10.2. The second-order valence-corrected chi connectivity index (χ2v) is 6.53. The largest absolute Gasteiger partial charge is 0.320 e. The zero-order valence-electron chi connectivity index (χ0n) is 14.0. The van der Waals surface area contributed by atoms with Crippen molar-refractivity contribution in [1.82, 2.24) is 24.7 Å². The normalized spacial score (nSPS) is 10.6. The summed E-state index contributed by atoms with van der Waals surface area (Å²) < 4.78 is 2.41. The molecule has 0 saturated carbocycles. The molecule has 0 saturated heterocycles. The topological polar surface area (TPSA) is 85.6 Å². The number of halogens is 1. The molecule has 8 heteroatoms. The molecule has 0 aliphatic heterocycles. The smallest absolute Gasteiger partial charge is 0.258 e. The summed E-state index contributed by atoms with van der Waals surface area (Å²) >= 11 is 3.42. The first-order chi connectivity index (χ1) is 13.2. The minimum atomic E-state index is -0.311. The van der Waals surface area contributed by atoms with E-state index in [1.165, 1.54) is 18.7 Å². The third-order valence-corrected chi connectivity index (χ3v) is 4.31. The Morgan fingerprint density at radius 3 is 2.52 bits per heavy atom. The molecule has 132 valence electrons. The maximum Gasteiger partial charge on any atom is 0.258 e. The van der Waals surface area contributed by atoms with E-state index in [0.29, 0.717) is 22.8 Å². The number of nitrogens with zero attached hydrogens (tertiary/aromatic N) is 5. The SMILES string of the molecule is O=C(Nc1cc(Br)ccc1-n1cncn1)c1cnc(-c2ccccc2)nc1. The third-order valence-electron chi connectivity index (χ3n) is 3.82. The van der Waals surface area contributed by atoms with E-state index >= 15 is 0 Å². The van der Waals surface area contributed by atoms with Crippen molar-refractivity contribution in [3.63, 3.8) is 0 Å². The maximum absolute atomic E-state index is 12.6. The van der Waals surface area contributed by atoms with Gasteiger partial charge in [0.25, 0.3) is 5.91 Å². The molecular formula is C19H13BrN6O. The van der Waals surface area contributed by atoms with Crippen LogP contribution in [-0.4, -0.2) is 30.6 Å². The van der Waals surface area contributed by atoms with E-state index in [4.69, 9.17) is 0 Å². The molecule has 0 aliphatic rings. The monoisotopic (exact) mass is 420 g/mol. The fourth-order valence-electron chi connectivity index (χ4n) is 2.52. The predicted molar refractivity (Wildman–Crippen MR) is 104 cm³/mol. The molecule has 7 nitrogen and oxygen atoms in total. The number of amides is 1. The lowest BCUT2D eigenvalue weighted by molar-refractivity contribution is 0.102. The van der Waals surface area contributed by atoms with Crippen LogP contribution in [0.15, 0.2) is 78.1 Å². The summed E-state index contributed by atoms with van der Waals surface area (Å²) in [6.07, 6.45) is 6.02. The predicted octanol–water partition coefficient (Wildman–Crippen LogP) is 3.74. The molecule has 2 heterocycles. The highest BCUT2D eigenvalue weighted by atomic mass is 79.9. The first kappa shape index (κ1) is 17.0. The highest BCUT2D eigenvalue weighted by Crippen LogP contribution is 2.25. The van der Waals surface area contributed by atoms with Crippen molar-refractivity contribution in [2.75, 3.05) is 5.32 Å². The Bertz CT molecular complexity index is 1070. The van der Waals surface area contributed by atoms with Crippen LogP contribution in [0.3, 0.4) is 0 Å². The minimum Gasteiger partial charge on any atom is -0.320 e. The summed E-state index contributed by atoms with van der Waals surface area (Å²) in [5.41, 5.74) is 2.54. The molecule has 27 heavy (non-hydrogen) atoms. The summed E-state index contributed by atoms with van der Waals surface area (Å²) in [4.78, 5) is 25.2. The number of carbonyl (C=O) groups is 1. The van der Waals surface area contributed by atoms with Crippen LogP contribution in [0.2, 0.25) is 0 Å². The summed E-state index contributed by atoms with van der Waals surface area (Å²) in [5.74, 6) is 0.256. The van der Waals surface area contributed by atoms with Gasteiger partial charge in [-0.2, -0.15) is 5.10 Å². The van der Waals surface area contributed by atoms with Crippen molar-refractivity contribution in [2.45, 2.75) is 0 Å². The van der Waals surface area contributed by atoms with Gasteiger partial charge in [-0.05, 0) is 18.2 Å². The van der Waals surface area contributed by atoms with Crippen molar-refractivity contribution in [2.24, 2.45) is 0 Å². The van der Waals surface area contributed by atoms with Gasteiger partial charge in [0.1, 0.15) is 12.7 Å². The summed E-state index contributed by atoms with van der Waals surface area (Å²) in [6.45, 7) is 0. The van der Waals surface area contributed by atoms with Crippen molar-refractivity contribution < 1.29 is 4.79 Å². The number of hydrogen-bond acceptors (Lipinski definition) is 5. The second-order valence-electron chi connectivity index (χ2n) is 5.62. The van der Waals surface area contributed by atoms with Crippen molar-refractivity contribution in [3.8, 4) is 17.1 Å². The van der Waals surface area contributed by atoms with Gasteiger partial charge in [0.05, 0.1) is 16.9 Å². The maximum atomic E-state index is 12.6. The average molecular weight is 421 g/mol. The molecule has 1 N–H and O–H groups in total. The number of benzene rings is 2. The zero-order chi connectivity index (χ0) is 18.6. The van der Waals surface area contributed by atoms with Crippen LogP contribution in [0.5, 0.6) is 0 Å². The van der Waals surface area contributed by atoms with Crippen LogP contribution in [0.25, 0.3) is 17.1 Å². The molecule has 0 unspecified atom stereocenters. The lowest BCUT2D eigenvalue weighted by Gasteiger charge is -2.11. The molecule has 2 aromatic carbocycles. The highest BCUT2D eigenvalue weighted by molar-refractivity contribution is 9.10. The number of nitrogens with one attached hydrogen (secondary N) is 1. The van der Waals surface area contributed by atoms with E-state index in [2.05, 4.69) is 41.3 Å². The average Bonchev–Trinajstić information content (AvgIpc) is 3.23. The van der Waals surface area contributed by atoms with E-state index in [0.717, 1.165) is 10.0 Å². The van der Waals surface area contributed by atoms with Crippen LogP contribution in [0.1, 0.15) is 10.4 Å². The molecule has 4 aromatic rings. The third kappa shape index (κ3) is 3.75. The first-order valence-electron chi connectivity index (χ1n) is 8.04. The summed E-state index contributed by atoms with van der Waals surface area (Å²) in [6, 6.07) is 15.1. The molecule has 0 spiro atoms. The van der Waals surface area contributed by atoms with Gasteiger partial charge >= 0.3 is 0 Å². The number of carbonyl (C=O) groups excluding carboxylic acids is 1. The molecule has 0 fully saturated rings. The Kier molecular flexibility index (Phi) is 4.71. The van der Waals surface area contributed by atoms with Gasteiger partial charge < -0.3 is 5.32 Å². The number of anilines is 1. The quantitative estimate of drug-likeness (QED) is 0.543. The Labute approximate surface area is 163 Å². The van der Waals surface area contributed by atoms with E-state index < -0.39 is 0 Å². The van der Waals surface area contributed by atoms with Crippen LogP contribution in [0, 0.1) is 0 Å². The first-order valence-corrected chi connectivity index (χ1v) is 8.83. The summed E-state index contributed by atoms with van der Waals surface area (Å²) in [7, 11) is 0. The van der Waals surface area contributed by atoms with Crippen molar-refractivity contribution >= 4 is 27.5 Å². The molecule has 0 aliphatic carbocycles. The number of rotatable bonds is 4. The van der Waals surface area contributed by atoms with E-state index in [1.54, 1.807) is 17.1 Å². The number of aromatic nitrogens is 5. The van der Waals surface area contributed by atoms with Gasteiger partial charge in [0.15, 0.2) is 5.82 Å². The van der Waals surface area contributed by atoms with Gasteiger partial charge in [-0.25, -0.2) is 19.6 Å². The Morgan fingerprint density at radius 1 is 1.04 bits per heavy atom. The second kappa shape index (κ2) is 7.46. The van der Waals surface area contributed by atoms with E-state index in [1.807, 2.05) is 42.5 Å². The summed E-state index contributed by atoms with van der Waals surface area (Å²) in [5, 5.41) is 6.99. The fourth-order valence-corrected chi connectivity index (χ4v) is 2.88. The van der Waals surface area contributed by atoms with Crippen LogP contribution in [0.4, 0.5) is 5.69 Å². The zero-order valence-corrected chi connectivity index (χ0v) is 15.5. The van der Waals surface area contributed by atoms with Crippen molar-refractivity contribution in [1.29, 1.82) is 0 Å². The van der Waals surface area contributed by atoms with E-state index in [9.17, 15) is 4.79 Å². The molecule has 0 bridgehead atoms. The molecule has 1 amide bonds. The van der Waals surface area contributed by atoms with Gasteiger partial charge in [0.2, 0.25) is 0 Å². The van der Waals surface area contributed by atoms with Crippen LogP contribution >= 0.6 is 15.9 Å².